The fourth-order valence-electron chi connectivity index (χ4n) is 5.47. The fraction of sp³-hybridized carbons (Fsp3) is 0.185. The van der Waals surface area contributed by atoms with Crippen molar-refractivity contribution in [2.75, 3.05) is 12.0 Å². The highest BCUT2D eigenvalue weighted by Crippen LogP contribution is 2.53. The van der Waals surface area contributed by atoms with E-state index in [9.17, 15) is 18.8 Å². The smallest absolute Gasteiger partial charge is 0.240 e. The summed E-state index contributed by atoms with van der Waals surface area (Å²) in [5, 5.41) is 6.11. The first kappa shape index (κ1) is 21.2. The Morgan fingerprint density at radius 2 is 1.60 bits per heavy atom. The Hall–Kier alpha value is -4.33. The second-order valence-electron chi connectivity index (χ2n) is 8.75. The summed E-state index contributed by atoms with van der Waals surface area (Å²) in [6, 6.07) is 18.1. The van der Waals surface area contributed by atoms with Gasteiger partial charge in [0.15, 0.2) is 5.78 Å². The van der Waals surface area contributed by atoms with Gasteiger partial charge < -0.3 is 4.74 Å². The summed E-state index contributed by atoms with van der Waals surface area (Å²) >= 11 is 0. The van der Waals surface area contributed by atoms with E-state index in [1.165, 1.54) is 25.3 Å². The molecule has 3 aliphatic rings. The number of methoxy groups -OCH3 is 1. The Labute approximate surface area is 200 Å². The number of amides is 2. The van der Waals surface area contributed by atoms with Gasteiger partial charge in [-0.25, -0.2) is 9.29 Å². The standard InChI is InChI=1S/C27H20FN3O4/c1-35-17-12-10-15(11-13-17)25(32)24-22-21(23-18-7-3-2-6-16(18)14-29-31(23)24)26(33)30(27(22)34)20-9-5-4-8-19(20)28/h2-14,21-24H,1H3/t21-,22-,23+,24+/m0/s1. The molecule has 0 aliphatic carbocycles. The minimum Gasteiger partial charge on any atom is -0.497 e. The second-order valence-corrected chi connectivity index (χ2v) is 8.75. The van der Waals surface area contributed by atoms with Gasteiger partial charge in [-0.1, -0.05) is 36.4 Å². The number of para-hydroxylation sites is 1. The summed E-state index contributed by atoms with van der Waals surface area (Å²) in [6.45, 7) is 0. The number of imide groups is 1. The molecule has 0 N–H and O–H groups in total. The van der Waals surface area contributed by atoms with Crippen LogP contribution in [0.1, 0.15) is 27.5 Å². The van der Waals surface area contributed by atoms with E-state index in [0.29, 0.717) is 11.3 Å². The lowest BCUT2D eigenvalue weighted by Gasteiger charge is -2.33. The van der Waals surface area contributed by atoms with Crippen LogP contribution in [0.4, 0.5) is 10.1 Å². The Kier molecular flexibility index (Phi) is 4.77. The van der Waals surface area contributed by atoms with Gasteiger partial charge in [0.05, 0.1) is 36.9 Å². The van der Waals surface area contributed by atoms with E-state index in [1.54, 1.807) is 41.6 Å². The Balaban J connectivity index is 1.49. The minimum atomic E-state index is -1.02. The molecule has 0 aromatic heterocycles. The molecule has 2 fully saturated rings. The van der Waals surface area contributed by atoms with Crippen LogP contribution in [-0.4, -0.2) is 42.0 Å². The summed E-state index contributed by atoms with van der Waals surface area (Å²) in [5.74, 6) is -3.44. The molecule has 2 saturated heterocycles. The molecule has 174 valence electrons. The highest BCUT2D eigenvalue weighted by molar-refractivity contribution is 6.24. The van der Waals surface area contributed by atoms with Gasteiger partial charge in [0.1, 0.15) is 17.6 Å². The van der Waals surface area contributed by atoms with Gasteiger partial charge >= 0.3 is 0 Å². The molecule has 3 heterocycles. The maximum absolute atomic E-state index is 14.7. The van der Waals surface area contributed by atoms with Crippen LogP contribution in [0.3, 0.4) is 0 Å². The molecule has 0 unspecified atom stereocenters. The van der Waals surface area contributed by atoms with Gasteiger partial charge in [-0.15, -0.1) is 0 Å². The number of halogens is 1. The maximum Gasteiger partial charge on any atom is 0.240 e. The number of carbonyl (C=O) groups excluding carboxylic acids is 3. The molecule has 0 spiro atoms. The number of fused-ring (bicyclic) bond motifs is 5. The number of benzene rings is 3. The zero-order valence-corrected chi connectivity index (χ0v) is 18.7. The van der Waals surface area contributed by atoms with Crippen molar-refractivity contribution in [3.63, 3.8) is 0 Å². The van der Waals surface area contributed by atoms with Crippen molar-refractivity contribution >= 4 is 29.5 Å². The van der Waals surface area contributed by atoms with E-state index in [0.717, 1.165) is 16.0 Å². The number of hydrogen-bond donors (Lipinski definition) is 0. The zero-order valence-electron chi connectivity index (χ0n) is 18.7. The van der Waals surface area contributed by atoms with Gasteiger partial charge in [0.25, 0.3) is 0 Å². The Morgan fingerprint density at radius 1 is 0.914 bits per heavy atom. The molecule has 3 aromatic carbocycles. The molecule has 2 amide bonds. The second kappa shape index (κ2) is 7.87. The molecular formula is C27H20FN3O4. The van der Waals surface area contributed by atoms with E-state index >= 15 is 0 Å². The van der Waals surface area contributed by atoms with Gasteiger partial charge in [0.2, 0.25) is 11.8 Å². The van der Waals surface area contributed by atoms with Crippen LogP contribution in [0.5, 0.6) is 5.75 Å². The molecule has 3 aromatic rings. The van der Waals surface area contributed by atoms with E-state index in [-0.39, 0.29) is 11.5 Å². The largest absolute Gasteiger partial charge is 0.497 e. The minimum absolute atomic E-state index is 0.105. The lowest BCUT2D eigenvalue weighted by Crippen LogP contribution is -2.44. The molecule has 6 rings (SSSR count). The van der Waals surface area contributed by atoms with Crippen LogP contribution in [0.25, 0.3) is 0 Å². The van der Waals surface area contributed by atoms with Gasteiger partial charge in [-0.2, -0.15) is 5.10 Å². The topological polar surface area (TPSA) is 79.3 Å². The van der Waals surface area contributed by atoms with Gasteiger partial charge in [-0.3, -0.25) is 19.4 Å². The van der Waals surface area contributed by atoms with E-state index in [1.807, 2.05) is 24.3 Å². The van der Waals surface area contributed by atoms with E-state index in [2.05, 4.69) is 5.10 Å². The zero-order chi connectivity index (χ0) is 24.3. The Morgan fingerprint density at radius 3 is 2.34 bits per heavy atom. The van der Waals surface area contributed by atoms with Crippen LogP contribution in [0.2, 0.25) is 0 Å². The number of ether oxygens (including phenoxy) is 1. The van der Waals surface area contributed by atoms with Crippen LogP contribution in [-0.2, 0) is 9.59 Å². The number of hydrazone groups is 1. The van der Waals surface area contributed by atoms with Crippen molar-refractivity contribution in [3.8, 4) is 5.75 Å². The van der Waals surface area contributed by atoms with Crippen molar-refractivity contribution in [2.24, 2.45) is 16.9 Å². The van der Waals surface area contributed by atoms with Gasteiger partial charge in [-0.05, 0) is 47.5 Å². The number of ketones is 1. The molecule has 0 radical (unpaired) electrons. The quantitative estimate of drug-likeness (QED) is 0.431. The number of carbonyl (C=O) groups is 3. The van der Waals surface area contributed by atoms with E-state index in [4.69, 9.17) is 4.74 Å². The summed E-state index contributed by atoms with van der Waals surface area (Å²) in [7, 11) is 1.53. The predicted molar refractivity (Wildman–Crippen MR) is 126 cm³/mol. The highest BCUT2D eigenvalue weighted by Gasteiger charge is 2.65. The third-order valence-electron chi connectivity index (χ3n) is 7.03. The van der Waals surface area contributed by atoms with Gasteiger partial charge in [0, 0.05) is 5.56 Å². The normalized spacial score (nSPS) is 24.3. The van der Waals surface area contributed by atoms with Crippen LogP contribution in [0, 0.1) is 17.7 Å². The number of Topliss-reactive ketones (excluding diaryl/α,β-unsaturated/α-hetero) is 1. The first-order chi connectivity index (χ1) is 17.0. The molecule has 0 bridgehead atoms. The molecule has 35 heavy (non-hydrogen) atoms. The number of anilines is 1. The van der Waals surface area contributed by atoms with Crippen LogP contribution < -0.4 is 9.64 Å². The summed E-state index contributed by atoms with van der Waals surface area (Å²) in [4.78, 5) is 42.2. The van der Waals surface area contributed by atoms with Crippen molar-refractivity contribution in [1.82, 2.24) is 5.01 Å². The number of hydrogen-bond acceptors (Lipinski definition) is 6. The molecule has 3 aliphatic heterocycles. The van der Waals surface area contributed by atoms with Crippen molar-refractivity contribution < 1.29 is 23.5 Å². The number of nitrogens with zero attached hydrogens (tertiary/aromatic N) is 3. The molecule has 4 atom stereocenters. The summed E-state index contributed by atoms with van der Waals surface area (Å²) in [6.07, 6.45) is 1.64. The third-order valence-corrected chi connectivity index (χ3v) is 7.03. The number of rotatable bonds is 4. The Bertz CT molecular complexity index is 1400. The SMILES string of the molecule is COc1ccc(C(=O)[C@H]2[C@H]3C(=O)N(c4ccccc4F)C(=O)[C@@H]3[C@H]3c4ccccc4C=NN32)cc1. The lowest BCUT2D eigenvalue weighted by atomic mass is 9.83. The third kappa shape index (κ3) is 3.02. The highest BCUT2D eigenvalue weighted by atomic mass is 19.1. The monoisotopic (exact) mass is 469 g/mol. The van der Waals surface area contributed by atoms with Crippen molar-refractivity contribution in [1.29, 1.82) is 0 Å². The fourth-order valence-corrected chi connectivity index (χ4v) is 5.47. The molecule has 8 heteroatoms. The molecular weight excluding hydrogens is 449 g/mol. The first-order valence-electron chi connectivity index (χ1n) is 11.2. The van der Waals surface area contributed by atoms with Crippen LogP contribution >= 0.6 is 0 Å². The summed E-state index contributed by atoms with van der Waals surface area (Å²) < 4.78 is 19.9. The summed E-state index contributed by atoms with van der Waals surface area (Å²) in [5.41, 5.74) is 1.88. The molecule has 7 nitrogen and oxygen atoms in total. The average Bonchev–Trinajstić information content (AvgIpc) is 3.36. The lowest BCUT2D eigenvalue weighted by molar-refractivity contribution is -0.124. The van der Waals surface area contributed by atoms with Crippen molar-refractivity contribution in [2.45, 2.75) is 12.1 Å². The van der Waals surface area contributed by atoms with Crippen molar-refractivity contribution in [3.05, 3.63) is 95.3 Å². The van der Waals surface area contributed by atoms with Crippen LogP contribution in [0.15, 0.2) is 77.9 Å². The predicted octanol–water partition coefficient (Wildman–Crippen LogP) is 3.60. The first-order valence-corrected chi connectivity index (χ1v) is 11.2. The van der Waals surface area contributed by atoms with E-state index < -0.39 is 41.6 Å². The molecule has 0 saturated carbocycles. The average molecular weight is 469 g/mol. The maximum atomic E-state index is 14.7.